The normalized spacial score (nSPS) is 20.8. The topological polar surface area (TPSA) is 9.23 Å². The molecule has 1 aliphatic carbocycles. The predicted octanol–water partition coefficient (Wildman–Crippen LogP) is 4.78. The van der Waals surface area contributed by atoms with Gasteiger partial charge in [0.05, 0.1) is 0 Å². The van der Waals surface area contributed by atoms with Crippen molar-refractivity contribution in [1.82, 2.24) is 0 Å². The van der Waals surface area contributed by atoms with Crippen molar-refractivity contribution in [2.75, 3.05) is 6.61 Å². The molecule has 0 aromatic heterocycles. The Balaban J connectivity index is 2.04. The van der Waals surface area contributed by atoms with Crippen molar-refractivity contribution in [3.63, 3.8) is 0 Å². The van der Waals surface area contributed by atoms with Crippen LogP contribution in [0.1, 0.15) is 33.6 Å². The van der Waals surface area contributed by atoms with Crippen LogP contribution in [-0.4, -0.2) is 14.9 Å². The molecule has 3 rings (SSSR count). The van der Waals surface area contributed by atoms with E-state index in [0.29, 0.717) is 11.8 Å². The molecule has 0 amide bonds. The van der Waals surface area contributed by atoms with Crippen LogP contribution in [0.5, 0.6) is 0 Å². The van der Waals surface area contributed by atoms with E-state index < -0.39 is 8.32 Å². The molecule has 2 aromatic rings. The lowest BCUT2D eigenvalue weighted by atomic mass is 9.74. The zero-order chi connectivity index (χ0) is 17.9. The summed E-state index contributed by atoms with van der Waals surface area (Å²) in [4.78, 5) is 0. The maximum absolute atomic E-state index is 6.99. The fourth-order valence-electron chi connectivity index (χ4n) is 4.11. The highest BCUT2D eigenvalue weighted by atomic mass is 28.4. The van der Waals surface area contributed by atoms with Crippen LogP contribution in [0, 0.1) is 11.8 Å². The fraction of sp³-hybridized carbons (Fsp3) is 0.391. The van der Waals surface area contributed by atoms with Crippen molar-refractivity contribution in [2.45, 2.75) is 38.7 Å². The number of benzene rings is 2. The molecule has 0 N–H and O–H groups in total. The van der Waals surface area contributed by atoms with Crippen LogP contribution in [0.4, 0.5) is 0 Å². The van der Waals surface area contributed by atoms with Gasteiger partial charge in [-0.1, -0.05) is 87.5 Å². The van der Waals surface area contributed by atoms with Gasteiger partial charge in [-0.2, -0.15) is 0 Å². The third kappa shape index (κ3) is 3.38. The van der Waals surface area contributed by atoms with E-state index in [4.69, 9.17) is 4.43 Å². The van der Waals surface area contributed by atoms with Gasteiger partial charge >= 0.3 is 0 Å². The van der Waals surface area contributed by atoms with Crippen LogP contribution in [0.25, 0.3) is 0 Å². The van der Waals surface area contributed by atoms with Crippen LogP contribution >= 0.6 is 0 Å². The summed E-state index contributed by atoms with van der Waals surface area (Å²) >= 11 is 0. The van der Waals surface area contributed by atoms with E-state index in [9.17, 15) is 0 Å². The average Bonchev–Trinajstić information content (AvgIpc) is 2.58. The Kier molecular flexibility index (Phi) is 5.31. The lowest BCUT2D eigenvalue weighted by molar-refractivity contribution is 0.128. The molecule has 1 fully saturated rings. The van der Waals surface area contributed by atoms with Gasteiger partial charge in [0.2, 0.25) is 0 Å². The van der Waals surface area contributed by atoms with Gasteiger partial charge in [-0.25, -0.2) is 0 Å². The first-order chi connectivity index (χ1) is 12.0. The molecule has 2 atom stereocenters. The van der Waals surface area contributed by atoms with Crippen molar-refractivity contribution < 1.29 is 4.43 Å². The summed E-state index contributed by atoms with van der Waals surface area (Å²) in [5.41, 5.74) is 0. The Morgan fingerprint density at radius 1 is 0.960 bits per heavy atom. The molecule has 0 radical (unpaired) electrons. The molecule has 2 heteroatoms. The van der Waals surface area contributed by atoms with Crippen LogP contribution < -0.4 is 10.4 Å². The van der Waals surface area contributed by atoms with Crippen LogP contribution in [-0.2, 0) is 4.43 Å². The van der Waals surface area contributed by atoms with E-state index in [1.807, 2.05) is 0 Å². The number of allylic oxidation sites excluding steroid dienone is 1. The molecular formula is C23H30OSi. The van der Waals surface area contributed by atoms with Crippen molar-refractivity contribution in [3.8, 4) is 0 Å². The van der Waals surface area contributed by atoms with Crippen molar-refractivity contribution >= 4 is 18.7 Å². The Bertz CT molecular complexity index is 648. The summed E-state index contributed by atoms with van der Waals surface area (Å²) in [7, 11) is -2.37. The molecule has 132 valence electrons. The minimum atomic E-state index is -2.37. The summed E-state index contributed by atoms with van der Waals surface area (Å²) < 4.78 is 6.99. The van der Waals surface area contributed by atoms with E-state index in [2.05, 4.69) is 94.1 Å². The van der Waals surface area contributed by atoms with Gasteiger partial charge in [0.1, 0.15) is 0 Å². The second-order valence-electron chi connectivity index (χ2n) is 8.21. The van der Waals surface area contributed by atoms with Crippen molar-refractivity contribution in [1.29, 1.82) is 0 Å². The molecule has 0 unspecified atom stereocenters. The minimum Gasteiger partial charge on any atom is -0.407 e. The molecule has 0 aliphatic heterocycles. The molecule has 0 saturated heterocycles. The van der Waals surface area contributed by atoms with Gasteiger partial charge in [0.15, 0.2) is 0 Å². The van der Waals surface area contributed by atoms with Gasteiger partial charge < -0.3 is 4.43 Å². The Hall–Kier alpha value is -1.64. The molecule has 0 spiro atoms. The lowest BCUT2D eigenvalue weighted by Crippen LogP contribution is -2.67. The smallest absolute Gasteiger partial charge is 0.261 e. The monoisotopic (exact) mass is 350 g/mol. The molecular weight excluding hydrogens is 320 g/mol. The molecule has 0 heterocycles. The SMILES string of the molecule is C=C[C@H]1CC[C@@H]1CO[Si](c1ccccc1)(c1ccccc1)C(C)(C)C. The maximum Gasteiger partial charge on any atom is 0.261 e. The standard InChI is InChI=1S/C23H30OSi/c1-5-19-16-17-20(19)18-24-25(23(2,3)4,21-12-8-6-9-13-21)22-14-10-7-11-15-22/h5-15,19-20H,1,16-18H2,2-4H3/t19-,20+/m0/s1. The van der Waals surface area contributed by atoms with Crippen LogP contribution in [0.3, 0.4) is 0 Å². The highest BCUT2D eigenvalue weighted by molar-refractivity contribution is 6.99. The molecule has 1 saturated carbocycles. The quantitative estimate of drug-likeness (QED) is 0.538. The second kappa shape index (κ2) is 7.31. The summed E-state index contributed by atoms with van der Waals surface area (Å²) in [5, 5.41) is 2.79. The first-order valence-electron chi connectivity index (χ1n) is 9.36. The van der Waals surface area contributed by atoms with Gasteiger partial charge in [-0.3, -0.25) is 0 Å². The highest BCUT2D eigenvalue weighted by Crippen LogP contribution is 2.40. The largest absolute Gasteiger partial charge is 0.407 e. The maximum atomic E-state index is 6.99. The van der Waals surface area contributed by atoms with Crippen molar-refractivity contribution in [2.24, 2.45) is 11.8 Å². The Labute approximate surface area is 153 Å². The van der Waals surface area contributed by atoms with Crippen LogP contribution in [0.2, 0.25) is 5.04 Å². The third-order valence-electron chi connectivity index (χ3n) is 5.71. The molecule has 25 heavy (non-hydrogen) atoms. The molecule has 0 bridgehead atoms. The van der Waals surface area contributed by atoms with E-state index in [1.165, 1.54) is 23.2 Å². The number of hydrogen-bond donors (Lipinski definition) is 0. The van der Waals surface area contributed by atoms with E-state index in [0.717, 1.165) is 6.61 Å². The third-order valence-corrected chi connectivity index (χ3v) is 10.7. The first kappa shape index (κ1) is 18.2. The summed E-state index contributed by atoms with van der Waals surface area (Å²) in [6.45, 7) is 11.9. The number of rotatable bonds is 6. The Morgan fingerprint density at radius 3 is 1.84 bits per heavy atom. The van der Waals surface area contributed by atoms with Crippen LogP contribution in [0.15, 0.2) is 73.3 Å². The highest BCUT2D eigenvalue weighted by Gasteiger charge is 2.50. The van der Waals surface area contributed by atoms with Gasteiger partial charge in [-0.05, 0) is 40.1 Å². The van der Waals surface area contributed by atoms with E-state index in [1.54, 1.807) is 0 Å². The van der Waals surface area contributed by atoms with E-state index in [-0.39, 0.29) is 5.04 Å². The Morgan fingerprint density at radius 2 is 1.48 bits per heavy atom. The number of hydrogen-bond acceptors (Lipinski definition) is 1. The van der Waals surface area contributed by atoms with Gasteiger partial charge in [-0.15, -0.1) is 6.58 Å². The second-order valence-corrected chi connectivity index (χ2v) is 12.5. The minimum absolute atomic E-state index is 0.0587. The lowest BCUT2D eigenvalue weighted by Gasteiger charge is -2.45. The molecule has 2 aromatic carbocycles. The predicted molar refractivity (Wildman–Crippen MR) is 110 cm³/mol. The van der Waals surface area contributed by atoms with Crippen molar-refractivity contribution in [3.05, 3.63) is 73.3 Å². The first-order valence-corrected chi connectivity index (χ1v) is 11.3. The molecule has 1 nitrogen and oxygen atoms in total. The summed E-state index contributed by atoms with van der Waals surface area (Å²) in [5.74, 6) is 1.25. The van der Waals surface area contributed by atoms with Gasteiger partial charge in [0, 0.05) is 6.61 Å². The summed E-state index contributed by atoms with van der Waals surface area (Å²) in [6.07, 6.45) is 4.63. The zero-order valence-corrected chi connectivity index (χ0v) is 16.7. The summed E-state index contributed by atoms with van der Waals surface area (Å²) in [6, 6.07) is 21.8. The van der Waals surface area contributed by atoms with Gasteiger partial charge in [0.25, 0.3) is 8.32 Å². The fourth-order valence-corrected chi connectivity index (χ4v) is 8.73. The zero-order valence-electron chi connectivity index (χ0n) is 15.7. The molecule has 1 aliphatic rings. The van der Waals surface area contributed by atoms with E-state index >= 15 is 0 Å². The average molecular weight is 351 g/mol.